The molecule has 1 N–H and O–H groups in total. The van der Waals surface area contributed by atoms with Crippen LogP contribution in [0.3, 0.4) is 0 Å². The lowest BCUT2D eigenvalue weighted by molar-refractivity contribution is 0.440. The van der Waals surface area contributed by atoms with E-state index in [9.17, 15) is 9.50 Å². The van der Waals surface area contributed by atoms with Gasteiger partial charge in [-0.25, -0.2) is 4.39 Å². The van der Waals surface area contributed by atoms with Gasteiger partial charge in [0.1, 0.15) is 11.6 Å². The minimum Gasteiger partial charge on any atom is -0.508 e. The molecule has 0 aliphatic heterocycles. The number of halogens is 2. The first kappa shape index (κ1) is 10.5. The summed E-state index contributed by atoms with van der Waals surface area (Å²) in [5.41, 5.74) is 0.557. The fourth-order valence-corrected chi connectivity index (χ4v) is 1.48. The van der Waals surface area contributed by atoms with Crippen LogP contribution in [0.1, 0.15) is 26.3 Å². The minimum absolute atomic E-state index is 0.00759. The minimum atomic E-state index is -0.439. The summed E-state index contributed by atoms with van der Waals surface area (Å²) in [6.07, 6.45) is 0. The molecule has 0 saturated heterocycles. The Bertz CT molecular complexity index is 328. The van der Waals surface area contributed by atoms with E-state index in [2.05, 4.69) is 15.9 Å². The lowest BCUT2D eigenvalue weighted by Crippen LogP contribution is -2.11. The normalized spacial score (nSPS) is 11.8. The van der Waals surface area contributed by atoms with Crippen molar-refractivity contribution in [1.29, 1.82) is 0 Å². The van der Waals surface area contributed by atoms with E-state index in [-0.39, 0.29) is 11.2 Å². The lowest BCUT2D eigenvalue weighted by atomic mass is 9.86. The first-order chi connectivity index (χ1) is 5.82. The molecule has 0 saturated carbocycles. The van der Waals surface area contributed by atoms with Crippen molar-refractivity contribution in [3.05, 3.63) is 28.0 Å². The molecule has 3 heteroatoms. The van der Waals surface area contributed by atoms with Crippen LogP contribution in [-0.4, -0.2) is 5.11 Å². The summed E-state index contributed by atoms with van der Waals surface area (Å²) in [6.45, 7) is 5.89. The van der Waals surface area contributed by atoms with Crippen LogP contribution in [-0.2, 0) is 5.41 Å². The highest BCUT2D eigenvalue weighted by Crippen LogP contribution is 2.34. The lowest BCUT2D eigenvalue weighted by Gasteiger charge is -2.20. The summed E-state index contributed by atoms with van der Waals surface area (Å²) in [4.78, 5) is 0. The number of hydrogen-bond donors (Lipinski definition) is 1. The van der Waals surface area contributed by atoms with Gasteiger partial charge < -0.3 is 5.11 Å². The number of rotatable bonds is 0. The quantitative estimate of drug-likeness (QED) is 0.742. The molecule has 72 valence electrons. The molecule has 0 spiro atoms. The van der Waals surface area contributed by atoms with Crippen LogP contribution in [0.2, 0.25) is 0 Å². The van der Waals surface area contributed by atoms with E-state index in [1.54, 1.807) is 6.07 Å². The van der Waals surface area contributed by atoms with Gasteiger partial charge in [0.2, 0.25) is 0 Å². The van der Waals surface area contributed by atoms with Crippen LogP contribution >= 0.6 is 15.9 Å². The molecule has 0 fully saturated rings. The van der Waals surface area contributed by atoms with Crippen LogP contribution < -0.4 is 0 Å². The van der Waals surface area contributed by atoms with E-state index in [1.165, 1.54) is 0 Å². The predicted molar refractivity (Wildman–Crippen MR) is 54.5 cm³/mol. The van der Waals surface area contributed by atoms with E-state index in [0.29, 0.717) is 4.47 Å². The number of aromatic hydroxyl groups is 1. The van der Waals surface area contributed by atoms with Gasteiger partial charge in [0.15, 0.2) is 0 Å². The molecule has 1 rings (SSSR count). The van der Waals surface area contributed by atoms with Crippen LogP contribution in [0, 0.1) is 5.82 Å². The second kappa shape index (κ2) is 3.29. The number of hydrogen-bond acceptors (Lipinski definition) is 1. The van der Waals surface area contributed by atoms with Crippen molar-refractivity contribution in [1.82, 2.24) is 0 Å². The summed E-state index contributed by atoms with van der Waals surface area (Å²) >= 11 is 3.09. The van der Waals surface area contributed by atoms with Crippen molar-refractivity contribution >= 4 is 15.9 Å². The van der Waals surface area contributed by atoms with Gasteiger partial charge in [-0.2, -0.15) is 0 Å². The molecule has 0 aliphatic carbocycles. The van der Waals surface area contributed by atoms with Crippen LogP contribution in [0.25, 0.3) is 0 Å². The number of phenolic OH excluding ortho intramolecular Hbond substituents is 1. The number of phenols is 1. The molecule has 0 radical (unpaired) electrons. The Hall–Kier alpha value is -0.570. The van der Waals surface area contributed by atoms with Crippen molar-refractivity contribution in [2.24, 2.45) is 0 Å². The molecular formula is C10H12BrFO. The van der Waals surface area contributed by atoms with Crippen LogP contribution in [0.4, 0.5) is 4.39 Å². The van der Waals surface area contributed by atoms with Crippen molar-refractivity contribution in [3.8, 4) is 5.75 Å². The summed E-state index contributed by atoms with van der Waals surface area (Å²) in [7, 11) is 0. The average Bonchev–Trinajstić information content (AvgIpc) is 1.94. The standard InChI is InChI=1S/C10H12BrFO/c1-10(2,3)6-4-7(11)8(12)5-9(6)13/h4-5,13H,1-3H3. The fourth-order valence-electron chi connectivity index (χ4n) is 1.14. The Morgan fingerprint density at radius 1 is 1.31 bits per heavy atom. The highest BCUT2D eigenvalue weighted by Gasteiger charge is 2.19. The molecule has 0 aliphatic rings. The van der Waals surface area contributed by atoms with E-state index >= 15 is 0 Å². The molecule has 0 heterocycles. The molecule has 0 atom stereocenters. The third-order valence-electron chi connectivity index (χ3n) is 1.85. The average molecular weight is 247 g/mol. The highest BCUT2D eigenvalue weighted by atomic mass is 79.9. The zero-order valence-corrected chi connectivity index (χ0v) is 9.44. The molecule has 0 amide bonds. The predicted octanol–water partition coefficient (Wildman–Crippen LogP) is 3.59. The Morgan fingerprint density at radius 3 is 2.31 bits per heavy atom. The third-order valence-corrected chi connectivity index (χ3v) is 2.45. The van der Waals surface area contributed by atoms with E-state index in [4.69, 9.17) is 0 Å². The van der Waals surface area contributed by atoms with Crippen molar-refractivity contribution in [3.63, 3.8) is 0 Å². The van der Waals surface area contributed by atoms with Gasteiger partial charge in [0, 0.05) is 11.6 Å². The second-order valence-corrected chi connectivity index (χ2v) is 4.89. The SMILES string of the molecule is CC(C)(C)c1cc(Br)c(F)cc1O. The van der Waals surface area contributed by atoms with E-state index in [1.807, 2.05) is 20.8 Å². The Labute approximate surface area is 85.7 Å². The highest BCUT2D eigenvalue weighted by molar-refractivity contribution is 9.10. The van der Waals surface area contributed by atoms with Gasteiger partial charge in [0.05, 0.1) is 4.47 Å². The molecule has 1 aromatic rings. The van der Waals surface area contributed by atoms with Crippen molar-refractivity contribution in [2.75, 3.05) is 0 Å². The van der Waals surface area contributed by atoms with Gasteiger partial charge in [0.25, 0.3) is 0 Å². The van der Waals surface area contributed by atoms with E-state index in [0.717, 1.165) is 11.6 Å². The third kappa shape index (κ3) is 2.21. The van der Waals surface area contributed by atoms with Gasteiger partial charge in [-0.1, -0.05) is 20.8 Å². The van der Waals surface area contributed by atoms with Crippen molar-refractivity contribution < 1.29 is 9.50 Å². The maximum Gasteiger partial charge on any atom is 0.141 e. The maximum atomic E-state index is 12.9. The summed E-state index contributed by atoms with van der Waals surface area (Å²) in [5, 5.41) is 9.49. The van der Waals surface area contributed by atoms with Gasteiger partial charge in [-0.3, -0.25) is 0 Å². The molecule has 0 bridgehead atoms. The second-order valence-electron chi connectivity index (χ2n) is 4.03. The smallest absolute Gasteiger partial charge is 0.141 e. The van der Waals surface area contributed by atoms with Gasteiger partial charge in [-0.15, -0.1) is 0 Å². The molecular weight excluding hydrogens is 235 g/mol. The number of benzene rings is 1. The topological polar surface area (TPSA) is 20.2 Å². The van der Waals surface area contributed by atoms with Gasteiger partial charge >= 0.3 is 0 Å². The van der Waals surface area contributed by atoms with E-state index < -0.39 is 5.82 Å². The molecule has 1 nitrogen and oxygen atoms in total. The first-order valence-corrected chi connectivity index (χ1v) is 4.80. The Kier molecular flexibility index (Phi) is 2.66. The monoisotopic (exact) mass is 246 g/mol. The summed E-state index contributed by atoms with van der Waals surface area (Å²) < 4.78 is 13.3. The molecule has 0 unspecified atom stereocenters. The maximum absolute atomic E-state index is 12.9. The zero-order chi connectivity index (χ0) is 10.2. The van der Waals surface area contributed by atoms with Gasteiger partial charge in [-0.05, 0) is 27.4 Å². The van der Waals surface area contributed by atoms with Crippen LogP contribution in [0.5, 0.6) is 5.75 Å². The molecule has 1 aromatic carbocycles. The first-order valence-electron chi connectivity index (χ1n) is 4.01. The summed E-state index contributed by atoms with van der Waals surface area (Å²) in [6, 6.07) is 2.75. The molecule has 13 heavy (non-hydrogen) atoms. The van der Waals surface area contributed by atoms with Crippen molar-refractivity contribution in [2.45, 2.75) is 26.2 Å². The Balaban J connectivity index is 3.32. The van der Waals surface area contributed by atoms with Crippen LogP contribution in [0.15, 0.2) is 16.6 Å². The fraction of sp³-hybridized carbons (Fsp3) is 0.400. The molecule has 0 aromatic heterocycles. The Morgan fingerprint density at radius 2 is 1.85 bits per heavy atom. The zero-order valence-electron chi connectivity index (χ0n) is 7.86. The summed E-state index contributed by atoms with van der Waals surface area (Å²) in [5.74, 6) is -0.432. The largest absolute Gasteiger partial charge is 0.508 e.